The lowest BCUT2D eigenvalue weighted by molar-refractivity contribution is 0.363. The quantitative estimate of drug-likeness (QED) is 0.929. The lowest BCUT2D eigenvalue weighted by Crippen LogP contribution is -2.08. The molecule has 0 radical (unpaired) electrons. The molecule has 2 aromatic rings. The summed E-state index contributed by atoms with van der Waals surface area (Å²) in [5, 5.41) is 7.72. The summed E-state index contributed by atoms with van der Waals surface area (Å²) in [6, 6.07) is 3.60. The van der Waals surface area contributed by atoms with Gasteiger partial charge in [0.1, 0.15) is 11.8 Å². The number of halogens is 1. The van der Waals surface area contributed by atoms with Crippen LogP contribution < -0.4 is 10.1 Å². The molecule has 1 unspecified atom stereocenters. The predicted molar refractivity (Wildman–Crippen MR) is 73.8 cm³/mol. The van der Waals surface area contributed by atoms with Crippen LogP contribution in [-0.4, -0.2) is 17.3 Å². The van der Waals surface area contributed by atoms with Crippen molar-refractivity contribution in [2.24, 2.45) is 0 Å². The average Bonchev–Trinajstić information content (AvgIpc) is 2.80. The number of benzene rings is 1. The van der Waals surface area contributed by atoms with Crippen LogP contribution in [0.15, 0.2) is 16.7 Å². The highest BCUT2D eigenvalue weighted by Gasteiger charge is 2.15. The third-order valence-electron chi connectivity index (χ3n) is 2.77. The van der Waals surface area contributed by atoms with E-state index in [1.165, 1.54) is 0 Å². The summed E-state index contributed by atoms with van der Waals surface area (Å²) >= 11 is 6.07. The summed E-state index contributed by atoms with van der Waals surface area (Å²) in [7, 11) is 1.60. The van der Waals surface area contributed by atoms with Crippen molar-refractivity contribution in [2.45, 2.75) is 26.8 Å². The fourth-order valence-corrected chi connectivity index (χ4v) is 1.88. The van der Waals surface area contributed by atoms with Gasteiger partial charge in [-0.25, -0.2) is 0 Å². The second kappa shape index (κ2) is 5.48. The molecular formula is C13H16ClN3O2. The van der Waals surface area contributed by atoms with Crippen LogP contribution in [0.3, 0.4) is 0 Å². The van der Waals surface area contributed by atoms with Crippen molar-refractivity contribution in [3.8, 4) is 5.75 Å². The van der Waals surface area contributed by atoms with E-state index in [4.69, 9.17) is 20.9 Å². The van der Waals surface area contributed by atoms with Crippen molar-refractivity contribution >= 4 is 17.3 Å². The van der Waals surface area contributed by atoms with Gasteiger partial charge in [-0.3, -0.25) is 0 Å². The summed E-state index contributed by atoms with van der Waals surface area (Å²) in [5.74, 6) is 1.83. The number of hydrogen-bond acceptors (Lipinski definition) is 5. The molecule has 0 bridgehead atoms. The first-order chi connectivity index (χ1) is 9.01. The minimum absolute atomic E-state index is 0.115. The topological polar surface area (TPSA) is 60.2 Å². The monoisotopic (exact) mass is 281 g/mol. The number of hydrogen-bond donors (Lipinski definition) is 1. The largest absolute Gasteiger partial charge is 0.495 e. The first kappa shape index (κ1) is 13.7. The Labute approximate surface area is 116 Å². The van der Waals surface area contributed by atoms with Crippen LogP contribution >= 0.6 is 11.6 Å². The van der Waals surface area contributed by atoms with E-state index >= 15 is 0 Å². The van der Waals surface area contributed by atoms with Crippen LogP contribution in [0.25, 0.3) is 0 Å². The Morgan fingerprint density at radius 3 is 2.68 bits per heavy atom. The second-order valence-electron chi connectivity index (χ2n) is 4.35. The van der Waals surface area contributed by atoms with Crippen molar-refractivity contribution < 1.29 is 9.26 Å². The zero-order chi connectivity index (χ0) is 14.0. The van der Waals surface area contributed by atoms with Crippen molar-refractivity contribution in [1.29, 1.82) is 0 Å². The summed E-state index contributed by atoms with van der Waals surface area (Å²) < 4.78 is 10.4. The van der Waals surface area contributed by atoms with Crippen molar-refractivity contribution in [3.05, 3.63) is 34.4 Å². The number of nitrogens with zero attached hydrogens (tertiary/aromatic N) is 2. The van der Waals surface area contributed by atoms with Crippen molar-refractivity contribution in [1.82, 2.24) is 10.1 Å². The van der Waals surface area contributed by atoms with Crippen LogP contribution in [0.2, 0.25) is 5.02 Å². The third kappa shape index (κ3) is 2.98. The highest BCUT2D eigenvalue weighted by Crippen LogP contribution is 2.33. The second-order valence-corrected chi connectivity index (χ2v) is 4.75. The Kier molecular flexibility index (Phi) is 3.95. The zero-order valence-corrected chi connectivity index (χ0v) is 12.1. The Hall–Kier alpha value is -1.75. The van der Waals surface area contributed by atoms with E-state index in [1.807, 2.05) is 19.9 Å². The Balaban J connectivity index is 2.25. The molecule has 1 atom stereocenters. The molecule has 1 N–H and O–H groups in total. The van der Waals surface area contributed by atoms with Crippen LogP contribution in [0.5, 0.6) is 5.75 Å². The maximum absolute atomic E-state index is 6.07. The SMILES string of the molecule is COc1cc(Cl)c(C)cc1NC(C)c1nc(C)no1. The lowest BCUT2D eigenvalue weighted by atomic mass is 10.2. The molecule has 102 valence electrons. The fraction of sp³-hybridized carbons (Fsp3) is 0.385. The van der Waals surface area contributed by atoms with Gasteiger partial charge in [0.15, 0.2) is 5.82 Å². The van der Waals surface area contributed by atoms with Crippen LogP contribution in [-0.2, 0) is 0 Å². The molecule has 0 aliphatic rings. The van der Waals surface area contributed by atoms with E-state index < -0.39 is 0 Å². The summed E-state index contributed by atoms with van der Waals surface area (Å²) in [4.78, 5) is 4.20. The van der Waals surface area contributed by atoms with Gasteiger partial charge in [0.2, 0.25) is 5.89 Å². The molecule has 0 aliphatic carbocycles. The number of rotatable bonds is 4. The zero-order valence-electron chi connectivity index (χ0n) is 11.3. The van der Waals surface area contributed by atoms with Crippen molar-refractivity contribution in [3.63, 3.8) is 0 Å². The summed E-state index contributed by atoms with van der Waals surface area (Å²) in [6.07, 6.45) is 0. The molecule has 1 aromatic carbocycles. The summed E-state index contributed by atoms with van der Waals surface area (Å²) in [5.41, 5.74) is 1.81. The van der Waals surface area contributed by atoms with Gasteiger partial charge in [-0.1, -0.05) is 16.8 Å². The number of aryl methyl sites for hydroxylation is 2. The highest BCUT2D eigenvalue weighted by molar-refractivity contribution is 6.31. The standard InChI is InChI=1S/C13H16ClN3O2/c1-7-5-11(12(18-4)6-10(7)14)15-8(2)13-16-9(3)17-19-13/h5-6,8,15H,1-4H3. The van der Waals surface area contributed by atoms with Crippen LogP contribution in [0, 0.1) is 13.8 Å². The van der Waals surface area contributed by atoms with Gasteiger partial charge in [-0.2, -0.15) is 4.98 Å². The Morgan fingerprint density at radius 2 is 2.11 bits per heavy atom. The molecule has 19 heavy (non-hydrogen) atoms. The third-order valence-corrected chi connectivity index (χ3v) is 3.17. The van der Waals surface area contributed by atoms with E-state index in [9.17, 15) is 0 Å². The van der Waals surface area contributed by atoms with E-state index in [2.05, 4.69) is 15.5 Å². The highest BCUT2D eigenvalue weighted by atomic mass is 35.5. The normalized spacial score (nSPS) is 12.3. The van der Waals surface area contributed by atoms with Gasteiger partial charge in [0.05, 0.1) is 12.8 Å². The average molecular weight is 282 g/mol. The Bertz CT molecular complexity index is 583. The van der Waals surface area contributed by atoms with Crippen LogP contribution in [0.4, 0.5) is 5.69 Å². The molecule has 0 saturated heterocycles. The number of methoxy groups -OCH3 is 1. The predicted octanol–water partition coefficient (Wildman–Crippen LogP) is 3.52. The molecule has 0 saturated carbocycles. The van der Waals surface area contributed by atoms with Gasteiger partial charge in [-0.15, -0.1) is 0 Å². The molecule has 0 amide bonds. The van der Waals surface area contributed by atoms with Crippen LogP contribution in [0.1, 0.15) is 30.2 Å². The minimum atomic E-state index is -0.115. The fourth-order valence-electron chi connectivity index (χ4n) is 1.73. The lowest BCUT2D eigenvalue weighted by Gasteiger charge is -2.16. The Morgan fingerprint density at radius 1 is 1.37 bits per heavy atom. The maximum atomic E-state index is 6.07. The molecule has 0 aliphatic heterocycles. The summed E-state index contributed by atoms with van der Waals surface area (Å²) in [6.45, 7) is 5.66. The number of nitrogens with one attached hydrogen (secondary N) is 1. The first-order valence-corrected chi connectivity index (χ1v) is 6.30. The van der Waals surface area contributed by atoms with Gasteiger partial charge < -0.3 is 14.6 Å². The molecule has 2 rings (SSSR count). The van der Waals surface area contributed by atoms with E-state index in [0.29, 0.717) is 22.5 Å². The van der Waals surface area contributed by atoms with E-state index in [-0.39, 0.29) is 6.04 Å². The first-order valence-electron chi connectivity index (χ1n) is 5.92. The van der Waals surface area contributed by atoms with Gasteiger partial charge in [0.25, 0.3) is 0 Å². The molecule has 0 spiro atoms. The van der Waals surface area contributed by atoms with Gasteiger partial charge in [-0.05, 0) is 32.4 Å². The molecule has 6 heteroatoms. The van der Waals surface area contributed by atoms with E-state index in [0.717, 1.165) is 11.3 Å². The van der Waals surface area contributed by atoms with Gasteiger partial charge >= 0.3 is 0 Å². The molecular weight excluding hydrogens is 266 g/mol. The smallest absolute Gasteiger partial charge is 0.248 e. The van der Waals surface area contributed by atoms with Gasteiger partial charge in [0, 0.05) is 11.1 Å². The number of anilines is 1. The molecule has 0 fully saturated rings. The molecule has 5 nitrogen and oxygen atoms in total. The maximum Gasteiger partial charge on any atom is 0.248 e. The molecule has 1 heterocycles. The minimum Gasteiger partial charge on any atom is -0.495 e. The number of aromatic nitrogens is 2. The van der Waals surface area contributed by atoms with Crippen molar-refractivity contribution in [2.75, 3.05) is 12.4 Å². The molecule has 1 aromatic heterocycles. The van der Waals surface area contributed by atoms with E-state index in [1.54, 1.807) is 20.1 Å². The number of ether oxygens (including phenoxy) is 1.